The van der Waals surface area contributed by atoms with E-state index in [0.29, 0.717) is 0 Å². The van der Waals surface area contributed by atoms with Gasteiger partial charge in [0.15, 0.2) is 0 Å². The Kier molecular flexibility index (Phi) is 7.00. The molecule has 1 aromatic carbocycles. The second-order valence-electron chi connectivity index (χ2n) is 8.56. The highest BCUT2D eigenvalue weighted by molar-refractivity contribution is 5.80. The van der Waals surface area contributed by atoms with Gasteiger partial charge >= 0.3 is 0 Å². The van der Waals surface area contributed by atoms with Crippen LogP contribution in [0.1, 0.15) is 36.6 Å². The fraction of sp³-hybridized carbons (Fsp3) is 0.423. The SMILES string of the molecule is CCc1nc(CN2CCN(CC)C(=O)C(Cc3ccccc3-c3cccnc3)C2)c(C)[nH]1. The standard InChI is InChI=1S/C26H33N5O/c1-4-25-28-19(3)24(29-25)18-30-13-14-31(5-2)26(32)22(17-30)15-20-9-6-7-11-23(20)21-10-8-12-27-16-21/h6-12,16,22H,4-5,13-15,17-18H2,1-3H3,(H,28,29). The van der Waals surface area contributed by atoms with Crippen LogP contribution in [0.15, 0.2) is 48.8 Å². The Morgan fingerprint density at radius 1 is 1.12 bits per heavy atom. The molecule has 1 unspecified atom stereocenters. The van der Waals surface area contributed by atoms with Crippen molar-refractivity contribution in [2.45, 2.75) is 40.2 Å². The van der Waals surface area contributed by atoms with Crippen LogP contribution in [0, 0.1) is 12.8 Å². The van der Waals surface area contributed by atoms with Crippen molar-refractivity contribution in [2.75, 3.05) is 26.2 Å². The molecule has 1 N–H and O–H groups in total. The summed E-state index contributed by atoms with van der Waals surface area (Å²) in [6.45, 7) is 10.2. The van der Waals surface area contributed by atoms with E-state index < -0.39 is 0 Å². The molecule has 1 atom stereocenters. The molecule has 1 saturated heterocycles. The average molecular weight is 432 g/mol. The fourth-order valence-corrected chi connectivity index (χ4v) is 4.58. The molecule has 1 fully saturated rings. The summed E-state index contributed by atoms with van der Waals surface area (Å²) in [5.41, 5.74) is 5.66. The van der Waals surface area contributed by atoms with E-state index in [2.05, 4.69) is 66.0 Å². The van der Waals surface area contributed by atoms with Crippen LogP contribution >= 0.6 is 0 Å². The second-order valence-corrected chi connectivity index (χ2v) is 8.56. The van der Waals surface area contributed by atoms with Gasteiger partial charge in [-0.05, 0) is 37.5 Å². The van der Waals surface area contributed by atoms with Gasteiger partial charge in [0.05, 0.1) is 11.6 Å². The maximum atomic E-state index is 13.4. The van der Waals surface area contributed by atoms with Crippen LogP contribution < -0.4 is 0 Å². The lowest BCUT2D eigenvalue weighted by Crippen LogP contribution is -2.37. The number of benzene rings is 1. The molecule has 0 aliphatic carbocycles. The van der Waals surface area contributed by atoms with Gasteiger partial charge in [-0.25, -0.2) is 4.98 Å². The molecule has 1 amide bonds. The monoisotopic (exact) mass is 431 g/mol. The molecule has 6 nitrogen and oxygen atoms in total. The number of aromatic nitrogens is 3. The lowest BCUT2D eigenvalue weighted by atomic mass is 9.91. The number of aromatic amines is 1. The van der Waals surface area contributed by atoms with Crippen molar-refractivity contribution < 1.29 is 4.79 Å². The molecule has 3 aromatic rings. The number of carbonyl (C=O) groups is 1. The summed E-state index contributed by atoms with van der Waals surface area (Å²) in [4.78, 5) is 30.3. The number of hydrogen-bond donors (Lipinski definition) is 1. The maximum Gasteiger partial charge on any atom is 0.227 e. The molecule has 1 aliphatic heterocycles. The topological polar surface area (TPSA) is 65.1 Å². The third-order valence-corrected chi connectivity index (χ3v) is 6.41. The Morgan fingerprint density at radius 2 is 1.97 bits per heavy atom. The van der Waals surface area contributed by atoms with Crippen molar-refractivity contribution in [3.05, 3.63) is 71.6 Å². The molecule has 0 bridgehead atoms. The largest absolute Gasteiger partial charge is 0.346 e. The van der Waals surface area contributed by atoms with Crippen LogP contribution in [0.25, 0.3) is 11.1 Å². The van der Waals surface area contributed by atoms with Gasteiger partial charge in [-0.2, -0.15) is 0 Å². The minimum absolute atomic E-state index is 0.0832. The first kappa shape index (κ1) is 22.2. The number of hydrogen-bond acceptors (Lipinski definition) is 4. The smallest absolute Gasteiger partial charge is 0.227 e. The van der Waals surface area contributed by atoms with Gasteiger partial charge in [0.2, 0.25) is 5.91 Å². The molecule has 1 aliphatic rings. The van der Waals surface area contributed by atoms with E-state index in [4.69, 9.17) is 4.98 Å². The lowest BCUT2D eigenvalue weighted by molar-refractivity contribution is -0.134. The summed E-state index contributed by atoms with van der Waals surface area (Å²) >= 11 is 0. The predicted molar refractivity (Wildman–Crippen MR) is 127 cm³/mol. The number of rotatable bonds is 7. The average Bonchev–Trinajstić information content (AvgIpc) is 3.11. The number of pyridine rings is 1. The van der Waals surface area contributed by atoms with Crippen molar-refractivity contribution in [3.8, 4) is 11.1 Å². The van der Waals surface area contributed by atoms with Crippen molar-refractivity contribution in [1.29, 1.82) is 0 Å². The third-order valence-electron chi connectivity index (χ3n) is 6.41. The molecule has 6 heteroatoms. The zero-order valence-electron chi connectivity index (χ0n) is 19.3. The number of nitrogens with zero attached hydrogens (tertiary/aromatic N) is 4. The van der Waals surface area contributed by atoms with Gasteiger partial charge in [-0.3, -0.25) is 14.7 Å². The van der Waals surface area contributed by atoms with Crippen molar-refractivity contribution >= 4 is 5.91 Å². The normalized spacial score (nSPS) is 17.5. The van der Waals surface area contributed by atoms with E-state index >= 15 is 0 Å². The predicted octanol–water partition coefficient (Wildman–Crippen LogP) is 3.87. The minimum Gasteiger partial charge on any atom is -0.346 e. The van der Waals surface area contributed by atoms with Crippen LogP contribution in [0.4, 0.5) is 0 Å². The van der Waals surface area contributed by atoms with Gasteiger partial charge in [0.1, 0.15) is 5.82 Å². The number of imidazole rings is 1. The van der Waals surface area contributed by atoms with Gasteiger partial charge in [0, 0.05) is 62.8 Å². The summed E-state index contributed by atoms with van der Waals surface area (Å²) in [7, 11) is 0. The molecule has 0 radical (unpaired) electrons. The number of nitrogens with one attached hydrogen (secondary N) is 1. The fourth-order valence-electron chi connectivity index (χ4n) is 4.58. The Labute approximate surface area is 190 Å². The molecular weight excluding hydrogens is 398 g/mol. The first-order chi connectivity index (χ1) is 15.6. The Morgan fingerprint density at radius 3 is 2.69 bits per heavy atom. The number of amides is 1. The molecule has 32 heavy (non-hydrogen) atoms. The highest BCUT2D eigenvalue weighted by atomic mass is 16.2. The van der Waals surface area contributed by atoms with E-state index in [1.807, 2.05) is 17.2 Å². The Bertz CT molecular complexity index is 1050. The van der Waals surface area contributed by atoms with Crippen LogP contribution in [-0.2, 0) is 24.2 Å². The summed E-state index contributed by atoms with van der Waals surface area (Å²) < 4.78 is 0. The van der Waals surface area contributed by atoms with Crippen LogP contribution in [0.2, 0.25) is 0 Å². The van der Waals surface area contributed by atoms with Gasteiger partial charge in [-0.1, -0.05) is 37.3 Å². The molecule has 2 aromatic heterocycles. The Hall–Kier alpha value is -2.99. The summed E-state index contributed by atoms with van der Waals surface area (Å²) in [6.07, 6.45) is 5.30. The Balaban J connectivity index is 1.58. The summed E-state index contributed by atoms with van der Waals surface area (Å²) in [5, 5.41) is 0. The van der Waals surface area contributed by atoms with E-state index in [1.54, 1.807) is 6.20 Å². The van der Waals surface area contributed by atoms with Gasteiger partial charge < -0.3 is 9.88 Å². The number of aryl methyl sites for hydroxylation is 2. The van der Waals surface area contributed by atoms with Crippen LogP contribution in [0.5, 0.6) is 0 Å². The molecule has 4 rings (SSSR count). The second kappa shape index (κ2) is 10.1. The van der Waals surface area contributed by atoms with E-state index in [1.165, 1.54) is 5.56 Å². The highest BCUT2D eigenvalue weighted by Gasteiger charge is 2.30. The molecule has 0 spiro atoms. The van der Waals surface area contributed by atoms with E-state index in [-0.39, 0.29) is 11.8 Å². The first-order valence-corrected chi connectivity index (χ1v) is 11.6. The molecule has 3 heterocycles. The zero-order valence-corrected chi connectivity index (χ0v) is 19.3. The highest BCUT2D eigenvalue weighted by Crippen LogP contribution is 2.27. The lowest BCUT2D eigenvalue weighted by Gasteiger charge is -2.24. The molecule has 0 saturated carbocycles. The summed E-state index contributed by atoms with van der Waals surface area (Å²) in [5.74, 6) is 1.20. The summed E-state index contributed by atoms with van der Waals surface area (Å²) in [6, 6.07) is 12.4. The molecular formula is C26H33N5O. The van der Waals surface area contributed by atoms with E-state index in [9.17, 15) is 4.79 Å². The number of H-pyrrole nitrogens is 1. The van der Waals surface area contributed by atoms with Gasteiger partial charge in [-0.15, -0.1) is 0 Å². The van der Waals surface area contributed by atoms with Crippen LogP contribution in [0.3, 0.4) is 0 Å². The van der Waals surface area contributed by atoms with Gasteiger partial charge in [0.25, 0.3) is 0 Å². The third kappa shape index (κ3) is 4.91. The quantitative estimate of drug-likeness (QED) is 0.617. The maximum absolute atomic E-state index is 13.4. The van der Waals surface area contributed by atoms with Crippen LogP contribution in [-0.4, -0.2) is 56.8 Å². The van der Waals surface area contributed by atoms with Crippen molar-refractivity contribution in [3.63, 3.8) is 0 Å². The molecule has 168 valence electrons. The van der Waals surface area contributed by atoms with Crippen molar-refractivity contribution in [1.82, 2.24) is 24.8 Å². The number of carbonyl (C=O) groups excluding carboxylic acids is 1. The first-order valence-electron chi connectivity index (χ1n) is 11.6. The zero-order chi connectivity index (χ0) is 22.5. The van der Waals surface area contributed by atoms with E-state index in [0.717, 1.165) is 73.9 Å². The number of likely N-dealkylation sites (N-methyl/N-ethyl adjacent to an activating group) is 1. The minimum atomic E-state index is -0.0832. The van der Waals surface area contributed by atoms with Crippen molar-refractivity contribution in [2.24, 2.45) is 5.92 Å².